The number of ether oxygens (including phenoxy) is 3. The van der Waals surface area contributed by atoms with Gasteiger partial charge in [-0.05, 0) is 64.2 Å². The summed E-state index contributed by atoms with van der Waals surface area (Å²) in [6, 6.07) is 0. The lowest BCUT2D eigenvalue weighted by molar-refractivity contribution is -0.167. The normalized spacial score (nSPS) is 12.4. The minimum Gasteiger partial charge on any atom is -0.462 e. The summed E-state index contributed by atoms with van der Waals surface area (Å²) in [4.78, 5) is 38.4. The third kappa shape index (κ3) is 63.9. The molecule has 454 valence electrons. The van der Waals surface area contributed by atoms with Crippen LogP contribution in [0.4, 0.5) is 0 Å². The van der Waals surface area contributed by atoms with Crippen LogP contribution in [0.5, 0.6) is 0 Å². The number of unbranched alkanes of at least 4 members (excludes halogenated alkanes) is 42. The van der Waals surface area contributed by atoms with Crippen LogP contribution in [0.2, 0.25) is 0 Å². The topological polar surface area (TPSA) is 78.9 Å². The third-order valence-electron chi connectivity index (χ3n) is 15.3. The number of allylic oxidation sites excluding steroid dienone is 10. The summed E-state index contributed by atoms with van der Waals surface area (Å²) < 4.78 is 17.0. The molecule has 0 aliphatic carbocycles. The highest BCUT2D eigenvalue weighted by molar-refractivity contribution is 5.71. The molecule has 6 heteroatoms. The van der Waals surface area contributed by atoms with Crippen LogP contribution < -0.4 is 0 Å². The molecule has 0 saturated carbocycles. The first-order valence-corrected chi connectivity index (χ1v) is 34.3. The first-order valence-electron chi connectivity index (χ1n) is 34.3. The van der Waals surface area contributed by atoms with Crippen molar-refractivity contribution in [2.75, 3.05) is 13.2 Å². The molecule has 0 radical (unpaired) electrons. The lowest BCUT2D eigenvalue weighted by Gasteiger charge is -2.18. The van der Waals surface area contributed by atoms with Gasteiger partial charge in [0.1, 0.15) is 13.2 Å². The van der Waals surface area contributed by atoms with Crippen molar-refractivity contribution in [1.29, 1.82) is 0 Å². The van der Waals surface area contributed by atoms with E-state index in [0.29, 0.717) is 19.3 Å². The molecule has 0 rings (SSSR count). The van der Waals surface area contributed by atoms with E-state index in [-0.39, 0.29) is 31.1 Å². The van der Waals surface area contributed by atoms with Crippen molar-refractivity contribution in [3.63, 3.8) is 0 Å². The zero-order valence-electron chi connectivity index (χ0n) is 52.2. The lowest BCUT2D eigenvalue weighted by Crippen LogP contribution is -2.30. The number of rotatable bonds is 63. The van der Waals surface area contributed by atoms with Gasteiger partial charge in [0.25, 0.3) is 0 Å². The molecule has 0 aromatic heterocycles. The largest absolute Gasteiger partial charge is 0.462 e. The second-order valence-corrected chi connectivity index (χ2v) is 23.1. The molecular formula is C72H130O6. The fourth-order valence-corrected chi connectivity index (χ4v) is 10.2. The van der Waals surface area contributed by atoms with E-state index in [2.05, 4.69) is 81.5 Å². The van der Waals surface area contributed by atoms with Crippen molar-refractivity contribution < 1.29 is 28.6 Å². The fraction of sp³-hybridized carbons (Fsp3) is 0.819. The predicted octanol–water partition coefficient (Wildman–Crippen LogP) is 23.5. The van der Waals surface area contributed by atoms with Gasteiger partial charge in [0.15, 0.2) is 6.10 Å². The minimum absolute atomic E-state index is 0.0689. The Bertz CT molecular complexity index is 1390. The van der Waals surface area contributed by atoms with Gasteiger partial charge in [-0.25, -0.2) is 0 Å². The van der Waals surface area contributed by atoms with Gasteiger partial charge in [-0.2, -0.15) is 0 Å². The average Bonchev–Trinajstić information content (AvgIpc) is 3.44. The molecule has 1 atom stereocenters. The van der Waals surface area contributed by atoms with E-state index < -0.39 is 6.10 Å². The second-order valence-electron chi connectivity index (χ2n) is 23.1. The number of carbonyl (C=O) groups excluding carboxylic acids is 3. The third-order valence-corrected chi connectivity index (χ3v) is 15.3. The summed E-state index contributed by atoms with van der Waals surface area (Å²) >= 11 is 0. The number of carbonyl (C=O) groups is 3. The molecule has 0 saturated heterocycles. The number of hydrogen-bond acceptors (Lipinski definition) is 6. The van der Waals surface area contributed by atoms with Gasteiger partial charge < -0.3 is 14.2 Å². The van der Waals surface area contributed by atoms with Gasteiger partial charge in [0.05, 0.1) is 0 Å². The number of esters is 3. The highest BCUT2D eigenvalue weighted by Crippen LogP contribution is 2.18. The molecule has 0 aliphatic rings. The van der Waals surface area contributed by atoms with Gasteiger partial charge in [-0.3, -0.25) is 14.4 Å². The smallest absolute Gasteiger partial charge is 0.306 e. The Kier molecular flexibility index (Phi) is 64.2. The lowest BCUT2D eigenvalue weighted by atomic mass is 10.0. The molecule has 1 unspecified atom stereocenters. The molecule has 0 aromatic carbocycles. The van der Waals surface area contributed by atoms with Crippen LogP contribution >= 0.6 is 0 Å². The summed E-state index contributed by atoms with van der Waals surface area (Å²) in [6.07, 6.45) is 85.3. The van der Waals surface area contributed by atoms with Gasteiger partial charge >= 0.3 is 17.9 Å². The van der Waals surface area contributed by atoms with E-state index in [1.165, 1.54) is 231 Å². The van der Waals surface area contributed by atoms with Crippen LogP contribution in [-0.4, -0.2) is 37.2 Å². The minimum atomic E-state index is -0.772. The van der Waals surface area contributed by atoms with E-state index in [4.69, 9.17) is 14.2 Å². The molecule has 0 heterocycles. The van der Waals surface area contributed by atoms with Crippen LogP contribution in [-0.2, 0) is 28.6 Å². The molecule has 0 aliphatic heterocycles. The quantitative estimate of drug-likeness (QED) is 0.0261. The van der Waals surface area contributed by atoms with Crippen molar-refractivity contribution in [2.45, 2.75) is 367 Å². The summed E-state index contributed by atoms with van der Waals surface area (Å²) in [5, 5.41) is 0. The first-order chi connectivity index (χ1) is 38.5. The molecule has 0 aromatic rings. The summed E-state index contributed by atoms with van der Waals surface area (Å²) in [6.45, 7) is 6.58. The van der Waals surface area contributed by atoms with Crippen molar-refractivity contribution in [1.82, 2.24) is 0 Å². The second kappa shape index (κ2) is 66.6. The van der Waals surface area contributed by atoms with Gasteiger partial charge in [-0.15, -0.1) is 0 Å². The van der Waals surface area contributed by atoms with Crippen molar-refractivity contribution in [3.05, 3.63) is 60.8 Å². The maximum atomic E-state index is 12.9. The molecular weight excluding hydrogens is 961 g/mol. The van der Waals surface area contributed by atoms with Crippen LogP contribution in [0.3, 0.4) is 0 Å². The molecule has 78 heavy (non-hydrogen) atoms. The van der Waals surface area contributed by atoms with Crippen molar-refractivity contribution >= 4 is 17.9 Å². The van der Waals surface area contributed by atoms with E-state index >= 15 is 0 Å². The van der Waals surface area contributed by atoms with E-state index in [9.17, 15) is 14.4 Å². The summed E-state index contributed by atoms with van der Waals surface area (Å²) in [5.41, 5.74) is 0. The molecule has 0 N–H and O–H groups in total. The zero-order chi connectivity index (χ0) is 56.4. The molecule has 0 spiro atoms. The Morgan fingerprint density at radius 1 is 0.269 bits per heavy atom. The van der Waals surface area contributed by atoms with Crippen molar-refractivity contribution in [3.8, 4) is 0 Å². The fourth-order valence-electron chi connectivity index (χ4n) is 10.2. The SMILES string of the molecule is CC/C=C\C/C=C\C/C=C\C/C=C\C/C=C\CCCCCCCCCCCCCC(=O)OCC(COC(=O)CCCCCCCCCCCCCC)OC(=O)CCCCCCCCCCCCCCCCCCCCCCC. The Morgan fingerprint density at radius 3 is 0.782 bits per heavy atom. The van der Waals surface area contributed by atoms with E-state index in [0.717, 1.165) is 89.9 Å². The zero-order valence-corrected chi connectivity index (χ0v) is 52.2. The monoisotopic (exact) mass is 1090 g/mol. The van der Waals surface area contributed by atoms with E-state index in [1.54, 1.807) is 0 Å². The predicted molar refractivity (Wildman–Crippen MR) is 339 cm³/mol. The Labute approximate surface area is 485 Å². The van der Waals surface area contributed by atoms with Crippen LogP contribution in [0, 0.1) is 0 Å². The molecule has 0 amide bonds. The number of hydrogen-bond donors (Lipinski definition) is 0. The first kappa shape index (κ1) is 75.1. The molecule has 0 bridgehead atoms. The highest BCUT2D eigenvalue weighted by Gasteiger charge is 2.19. The average molecular weight is 1090 g/mol. The maximum Gasteiger partial charge on any atom is 0.306 e. The van der Waals surface area contributed by atoms with Gasteiger partial charge in [0, 0.05) is 19.3 Å². The van der Waals surface area contributed by atoms with Crippen LogP contribution in [0.25, 0.3) is 0 Å². The van der Waals surface area contributed by atoms with Crippen LogP contribution in [0.1, 0.15) is 361 Å². The van der Waals surface area contributed by atoms with Crippen molar-refractivity contribution in [2.24, 2.45) is 0 Å². The Morgan fingerprint density at radius 2 is 0.500 bits per heavy atom. The van der Waals surface area contributed by atoms with Gasteiger partial charge in [-0.1, -0.05) is 338 Å². The maximum absolute atomic E-state index is 12.9. The van der Waals surface area contributed by atoms with E-state index in [1.807, 2.05) is 0 Å². The van der Waals surface area contributed by atoms with Crippen LogP contribution in [0.15, 0.2) is 60.8 Å². The standard InChI is InChI=1S/C72H130O6/c1-4-7-10-13-16-19-22-25-27-29-31-33-34-35-36-37-38-40-41-43-45-47-50-53-56-59-62-65-71(74)77-68-69(67-76-70(73)64-61-58-55-52-49-24-21-18-15-12-9-6-3)78-72(75)66-63-60-57-54-51-48-46-44-42-39-32-30-28-26-23-20-17-14-11-8-5-2/h7,10,16,19,25,27,31,33,35-36,69H,4-6,8-9,11-15,17-18,20-24,26,28-30,32,34,37-68H2,1-3H3/b10-7-,19-16-,27-25-,33-31-,36-35-. The Hall–Kier alpha value is -2.89. The molecule has 6 nitrogen and oxygen atoms in total. The summed E-state index contributed by atoms with van der Waals surface area (Å²) in [5.74, 6) is -0.848. The van der Waals surface area contributed by atoms with Gasteiger partial charge in [0.2, 0.25) is 0 Å². The molecule has 0 fully saturated rings. The summed E-state index contributed by atoms with van der Waals surface area (Å²) in [7, 11) is 0. The Balaban J connectivity index is 4.23. The highest BCUT2D eigenvalue weighted by atomic mass is 16.6.